The molecule has 1 aromatic carbocycles. The first-order valence-corrected chi connectivity index (χ1v) is 4.58. The quantitative estimate of drug-likeness (QED) is 0.478. The van der Waals surface area contributed by atoms with Gasteiger partial charge in [-0.15, -0.1) is 11.6 Å². The normalized spacial score (nSPS) is 9.15. The molecule has 0 heterocycles. The van der Waals surface area contributed by atoms with E-state index in [4.69, 9.17) is 11.6 Å². The van der Waals surface area contributed by atoms with E-state index < -0.39 is 0 Å². The van der Waals surface area contributed by atoms with Gasteiger partial charge in [0.2, 0.25) is 0 Å². The third-order valence-corrected chi connectivity index (χ3v) is 1.81. The fourth-order valence-electron chi connectivity index (χ4n) is 0.882. The lowest BCUT2D eigenvalue weighted by atomic mass is 10.1. The van der Waals surface area contributed by atoms with Crippen molar-refractivity contribution in [3.05, 3.63) is 35.1 Å². The van der Waals surface area contributed by atoms with E-state index in [0.717, 1.165) is 0 Å². The zero-order valence-corrected chi connectivity index (χ0v) is 8.16. The number of hydrogen-bond donors (Lipinski definition) is 0. The molecule has 1 aromatic rings. The number of benzene rings is 1. The Morgan fingerprint density at radius 3 is 2.85 bits per heavy atom. The average Bonchev–Trinajstić information content (AvgIpc) is 2.12. The molecule has 0 aliphatic rings. The molecule has 0 aliphatic carbocycles. The van der Waals surface area contributed by atoms with Crippen molar-refractivity contribution in [1.82, 2.24) is 0 Å². The zero-order chi connectivity index (χ0) is 9.68. The van der Waals surface area contributed by atoms with Crippen LogP contribution in [0.5, 0.6) is 0 Å². The molecular formula is C11H10ClF. The Hall–Kier alpha value is -1.00. The summed E-state index contributed by atoms with van der Waals surface area (Å²) < 4.78 is 13.0. The summed E-state index contributed by atoms with van der Waals surface area (Å²) >= 11 is 5.45. The van der Waals surface area contributed by atoms with Gasteiger partial charge in [0.25, 0.3) is 0 Å². The molecule has 0 N–H and O–H groups in total. The van der Waals surface area contributed by atoms with E-state index in [9.17, 15) is 4.39 Å². The molecule has 13 heavy (non-hydrogen) atoms. The van der Waals surface area contributed by atoms with E-state index in [0.29, 0.717) is 23.4 Å². The summed E-state index contributed by atoms with van der Waals surface area (Å²) in [5.41, 5.74) is 1.34. The zero-order valence-electron chi connectivity index (χ0n) is 7.40. The van der Waals surface area contributed by atoms with Crippen LogP contribution in [-0.4, -0.2) is 5.88 Å². The van der Waals surface area contributed by atoms with Crippen molar-refractivity contribution in [3.63, 3.8) is 0 Å². The first kappa shape index (κ1) is 10.1. The summed E-state index contributed by atoms with van der Waals surface area (Å²) in [5.74, 6) is 5.99. The predicted octanol–water partition coefficient (Wildman–Crippen LogP) is 3.11. The summed E-state index contributed by atoms with van der Waals surface area (Å²) in [6, 6.07) is 4.97. The third-order valence-electron chi connectivity index (χ3n) is 1.62. The standard InChI is InChI=1S/C11H10ClF/c1-9-5-6-10(8-11(9)13)4-2-3-7-12/h5-6,8H,3,7H2,1H3. The first-order valence-electron chi connectivity index (χ1n) is 4.05. The second-order valence-corrected chi connectivity index (χ2v) is 3.08. The SMILES string of the molecule is Cc1ccc(C#CCCCl)cc1F. The monoisotopic (exact) mass is 196 g/mol. The molecule has 0 aromatic heterocycles. The molecule has 0 unspecified atom stereocenters. The summed E-state index contributed by atoms with van der Waals surface area (Å²) in [5, 5.41) is 0. The Kier molecular flexibility index (Phi) is 3.79. The molecule has 0 spiro atoms. The molecule has 0 fully saturated rings. The molecule has 68 valence electrons. The maximum atomic E-state index is 13.0. The topological polar surface area (TPSA) is 0 Å². The lowest BCUT2D eigenvalue weighted by Crippen LogP contribution is -1.83. The molecule has 0 nitrogen and oxygen atoms in total. The molecule has 0 saturated carbocycles. The van der Waals surface area contributed by atoms with E-state index in [1.807, 2.05) is 0 Å². The highest BCUT2D eigenvalue weighted by molar-refractivity contribution is 6.18. The van der Waals surface area contributed by atoms with Crippen LogP contribution in [-0.2, 0) is 0 Å². The molecule has 0 radical (unpaired) electrons. The van der Waals surface area contributed by atoms with Crippen molar-refractivity contribution < 1.29 is 4.39 Å². The number of alkyl halides is 1. The van der Waals surface area contributed by atoms with Gasteiger partial charge in [0.15, 0.2) is 0 Å². The van der Waals surface area contributed by atoms with E-state index in [2.05, 4.69) is 11.8 Å². The van der Waals surface area contributed by atoms with Crippen molar-refractivity contribution in [1.29, 1.82) is 0 Å². The highest BCUT2D eigenvalue weighted by atomic mass is 35.5. The lowest BCUT2D eigenvalue weighted by molar-refractivity contribution is 0.618. The van der Waals surface area contributed by atoms with Crippen molar-refractivity contribution in [2.45, 2.75) is 13.3 Å². The van der Waals surface area contributed by atoms with Gasteiger partial charge in [-0.1, -0.05) is 17.9 Å². The van der Waals surface area contributed by atoms with Gasteiger partial charge >= 0.3 is 0 Å². The van der Waals surface area contributed by atoms with Crippen LogP contribution in [0.2, 0.25) is 0 Å². The predicted molar refractivity (Wildman–Crippen MR) is 53.4 cm³/mol. The highest BCUT2D eigenvalue weighted by Crippen LogP contribution is 2.07. The highest BCUT2D eigenvalue weighted by Gasteiger charge is 1.95. The number of aryl methyl sites for hydroxylation is 1. The Morgan fingerprint density at radius 1 is 1.46 bits per heavy atom. The average molecular weight is 197 g/mol. The maximum Gasteiger partial charge on any atom is 0.127 e. The Balaban J connectivity index is 2.81. The first-order chi connectivity index (χ1) is 6.24. The van der Waals surface area contributed by atoms with Gasteiger partial charge < -0.3 is 0 Å². The molecule has 2 heteroatoms. The summed E-state index contributed by atoms with van der Waals surface area (Å²) in [6.07, 6.45) is 0.636. The number of hydrogen-bond acceptors (Lipinski definition) is 0. The fraction of sp³-hybridized carbons (Fsp3) is 0.273. The van der Waals surface area contributed by atoms with Gasteiger partial charge in [-0.3, -0.25) is 0 Å². The van der Waals surface area contributed by atoms with Gasteiger partial charge in [-0.2, -0.15) is 0 Å². The minimum atomic E-state index is -0.210. The van der Waals surface area contributed by atoms with Crippen LogP contribution in [0.1, 0.15) is 17.5 Å². The molecule has 0 atom stereocenters. The van der Waals surface area contributed by atoms with Crippen molar-refractivity contribution >= 4 is 11.6 Å². The Labute approximate surface area is 82.7 Å². The smallest absolute Gasteiger partial charge is 0.127 e. The largest absolute Gasteiger partial charge is 0.207 e. The second kappa shape index (κ2) is 4.89. The summed E-state index contributed by atoms with van der Waals surface area (Å²) in [4.78, 5) is 0. The van der Waals surface area contributed by atoms with Crippen molar-refractivity contribution in [2.75, 3.05) is 5.88 Å². The molecule has 0 bridgehead atoms. The van der Waals surface area contributed by atoms with Crippen LogP contribution in [0.4, 0.5) is 4.39 Å². The van der Waals surface area contributed by atoms with E-state index in [1.54, 1.807) is 19.1 Å². The summed E-state index contributed by atoms with van der Waals surface area (Å²) in [6.45, 7) is 1.73. The molecule has 0 aliphatic heterocycles. The van der Waals surface area contributed by atoms with Gasteiger partial charge in [0.05, 0.1) is 0 Å². The van der Waals surface area contributed by atoms with Crippen molar-refractivity contribution in [2.24, 2.45) is 0 Å². The van der Waals surface area contributed by atoms with Gasteiger partial charge in [-0.25, -0.2) is 4.39 Å². The Bertz CT molecular complexity index is 347. The third kappa shape index (κ3) is 3.08. The molecule has 1 rings (SSSR count). The minimum absolute atomic E-state index is 0.210. The van der Waals surface area contributed by atoms with Crippen LogP contribution in [0.3, 0.4) is 0 Å². The molecular weight excluding hydrogens is 187 g/mol. The molecule has 0 saturated heterocycles. The van der Waals surface area contributed by atoms with Crippen LogP contribution in [0.15, 0.2) is 18.2 Å². The number of rotatable bonds is 1. The van der Waals surface area contributed by atoms with Crippen LogP contribution in [0.25, 0.3) is 0 Å². The van der Waals surface area contributed by atoms with E-state index >= 15 is 0 Å². The van der Waals surface area contributed by atoms with Gasteiger partial charge in [-0.05, 0) is 24.6 Å². The number of halogens is 2. The van der Waals surface area contributed by atoms with Gasteiger partial charge in [0.1, 0.15) is 5.82 Å². The van der Waals surface area contributed by atoms with E-state index in [1.165, 1.54) is 6.07 Å². The minimum Gasteiger partial charge on any atom is -0.207 e. The Morgan fingerprint density at radius 2 is 2.23 bits per heavy atom. The second-order valence-electron chi connectivity index (χ2n) is 2.70. The maximum absolute atomic E-state index is 13.0. The fourth-order valence-corrected chi connectivity index (χ4v) is 0.977. The molecule has 0 amide bonds. The van der Waals surface area contributed by atoms with Crippen LogP contribution >= 0.6 is 11.6 Å². The van der Waals surface area contributed by atoms with Crippen LogP contribution in [0, 0.1) is 24.6 Å². The van der Waals surface area contributed by atoms with Gasteiger partial charge in [0, 0.05) is 17.9 Å². The lowest BCUT2D eigenvalue weighted by Gasteiger charge is -1.95. The van der Waals surface area contributed by atoms with Crippen LogP contribution < -0.4 is 0 Å². The van der Waals surface area contributed by atoms with Crippen molar-refractivity contribution in [3.8, 4) is 11.8 Å². The summed E-state index contributed by atoms with van der Waals surface area (Å²) in [7, 11) is 0. The van der Waals surface area contributed by atoms with E-state index in [-0.39, 0.29) is 5.82 Å².